The van der Waals surface area contributed by atoms with Crippen LogP contribution in [0.15, 0.2) is 24.3 Å². The summed E-state index contributed by atoms with van der Waals surface area (Å²) < 4.78 is 0. The van der Waals surface area contributed by atoms with Crippen LogP contribution in [0.4, 0.5) is 5.69 Å². The van der Waals surface area contributed by atoms with E-state index in [9.17, 15) is 5.11 Å². The van der Waals surface area contributed by atoms with Crippen molar-refractivity contribution in [2.45, 2.75) is 37.8 Å². The summed E-state index contributed by atoms with van der Waals surface area (Å²) in [7, 11) is 0. The van der Waals surface area contributed by atoms with Gasteiger partial charge in [-0.3, -0.25) is 0 Å². The fraction of sp³-hybridized carbons (Fsp3) is 0.538. The smallest absolute Gasteiger partial charge is 0.0744 e. The monoisotopic (exact) mass is 203 g/mol. The Balaban J connectivity index is 1.92. The molecule has 1 aromatic rings. The first kappa shape index (κ1) is 9.22. The number of aliphatic hydroxyl groups excluding tert-OH is 1. The van der Waals surface area contributed by atoms with Crippen LogP contribution >= 0.6 is 0 Å². The molecule has 1 heterocycles. The van der Waals surface area contributed by atoms with Gasteiger partial charge < -0.3 is 10.0 Å². The number of para-hydroxylation sites is 1. The van der Waals surface area contributed by atoms with E-state index in [0.29, 0.717) is 6.04 Å². The van der Waals surface area contributed by atoms with E-state index >= 15 is 0 Å². The molecule has 1 aromatic carbocycles. The van der Waals surface area contributed by atoms with Crippen LogP contribution in [0.5, 0.6) is 0 Å². The molecule has 1 fully saturated rings. The highest BCUT2D eigenvalue weighted by Gasteiger charge is 2.35. The second-order valence-corrected chi connectivity index (χ2v) is 4.64. The Morgan fingerprint density at radius 2 is 2.07 bits per heavy atom. The lowest BCUT2D eigenvalue weighted by molar-refractivity contribution is 0.0637. The molecule has 0 aromatic heterocycles. The molecule has 2 nitrogen and oxygen atoms in total. The van der Waals surface area contributed by atoms with Crippen LogP contribution in [0, 0.1) is 0 Å². The van der Waals surface area contributed by atoms with Crippen molar-refractivity contribution in [3.8, 4) is 0 Å². The van der Waals surface area contributed by atoms with E-state index in [1.807, 2.05) is 0 Å². The molecule has 0 unspecified atom stereocenters. The van der Waals surface area contributed by atoms with Crippen LogP contribution < -0.4 is 4.90 Å². The average Bonchev–Trinajstić information content (AvgIpc) is 2.28. The van der Waals surface area contributed by atoms with Crippen molar-refractivity contribution in [3.05, 3.63) is 29.8 Å². The predicted octanol–water partition coefficient (Wildman–Crippen LogP) is 1.96. The van der Waals surface area contributed by atoms with Crippen LogP contribution in [-0.4, -0.2) is 23.8 Å². The number of hydrogen-bond acceptors (Lipinski definition) is 2. The van der Waals surface area contributed by atoms with Crippen molar-refractivity contribution in [1.29, 1.82) is 0 Å². The van der Waals surface area contributed by atoms with Gasteiger partial charge in [0.05, 0.1) is 12.1 Å². The standard InChI is InChI=1S/C13H17NO/c15-13-8-7-12(13)14-9-3-5-10-4-1-2-6-11(10)14/h1-2,4,6,12-13,15H,3,5,7-9H2/t12-,13-/m1/s1. The molecule has 80 valence electrons. The Hall–Kier alpha value is -1.02. The molecule has 2 atom stereocenters. The zero-order valence-corrected chi connectivity index (χ0v) is 8.89. The number of aliphatic hydroxyl groups is 1. The van der Waals surface area contributed by atoms with Crippen molar-refractivity contribution in [2.75, 3.05) is 11.4 Å². The third-order valence-corrected chi connectivity index (χ3v) is 3.75. The van der Waals surface area contributed by atoms with Gasteiger partial charge in [-0.1, -0.05) is 18.2 Å². The molecule has 2 heteroatoms. The van der Waals surface area contributed by atoms with Crippen LogP contribution in [0.25, 0.3) is 0 Å². The highest BCUT2D eigenvalue weighted by atomic mass is 16.3. The number of aryl methyl sites for hydroxylation is 1. The van der Waals surface area contributed by atoms with Gasteiger partial charge in [0.1, 0.15) is 0 Å². The Bertz CT molecular complexity index is 363. The second kappa shape index (κ2) is 3.53. The number of anilines is 1. The molecular weight excluding hydrogens is 186 g/mol. The summed E-state index contributed by atoms with van der Waals surface area (Å²) in [6, 6.07) is 9.00. The second-order valence-electron chi connectivity index (χ2n) is 4.64. The normalized spacial score (nSPS) is 29.5. The summed E-state index contributed by atoms with van der Waals surface area (Å²) in [5.41, 5.74) is 2.80. The molecule has 1 saturated carbocycles. The summed E-state index contributed by atoms with van der Waals surface area (Å²) in [5, 5.41) is 9.74. The topological polar surface area (TPSA) is 23.5 Å². The van der Waals surface area contributed by atoms with E-state index in [-0.39, 0.29) is 6.10 Å². The number of benzene rings is 1. The zero-order valence-electron chi connectivity index (χ0n) is 8.89. The third-order valence-electron chi connectivity index (χ3n) is 3.75. The molecule has 3 rings (SSSR count). The summed E-state index contributed by atoms with van der Waals surface area (Å²) in [6.07, 6.45) is 4.44. The van der Waals surface area contributed by atoms with E-state index in [4.69, 9.17) is 0 Å². The largest absolute Gasteiger partial charge is 0.391 e. The molecule has 1 aliphatic heterocycles. The van der Waals surface area contributed by atoms with Gasteiger partial charge in [-0.2, -0.15) is 0 Å². The van der Waals surface area contributed by atoms with Crippen molar-refractivity contribution in [1.82, 2.24) is 0 Å². The van der Waals surface area contributed by atoms with Gasteiger partial charge in [-0.15, -0.1) is 0 Å². The van der Waals surface area contributed by atoms with Gasteiger partial charge in [0.25, 0.3) is 0 Å². The maximum absolute atomic E-state index is 9.74. The molecule has 0 radical (unpaired) electrons. The fourth-order valence-corrected chi connectivity index (χ4v) is 2.74. The van der Waals surface area contributed by atoms with Crippen molar-refractivity contribution >= 4 is 5.69 Å². The number of nitrogens with zero attached hydrogens (tertiary/aromatic N) is 1. The van der Waals surface area contributed by atoms with Gasteiger partial charge in [-0.25, -0.2) is 0 Å². The van der Waals surface area contributed by atoms with Gasteiger partial charge in [0.2, 0.25) is 0 Å². The SMILES string of the molecule is O[C@@H]1CC[C@H]1N1CCCc2ccccc21. The highest BCUT2D eigenvalue weighted by Crippen LogP contribution is 2.35. The van der Waals surface area contributed by atoms with E-state index < -0.39 is 0 Å². The lowest BCUT2D eigenvalue weighted by Crippen LogP contribution is -2.52. The molecule has 1 N–H and O–H groups in total. The van der Waals surface area contributed by atoms with Crippen LogP contribution in [0.2, 0.25) is 0 Å². The maximum atomic E-state index is 9.74. The van der Waals surface area contributed by atoms with Crippen LogP contribution in [-0.2, 0) is 6.42 Å². The van der Waals surface area contributed by atoms with E-state index in [2.05, 4.69) is 29.2 Å². The Kier molecular flexibility index (Phi) is 2.17. The highest BCUT2D eigenvalue weighted by molar-refractivity contribution is 5.56. The van der Waals surface area contributed by atoms with Gasteiger partial charge in [-0.05, 0) is 37.3 Å². The Morgan fingerprint density at radius 3 is 2.80 bits per heavy atom. The van der Waals surface area contributed by atoms with Crippen LogP contribution in [0.1, 0.15) is 24.8 Å². The van der Waals surface area contributed by atoms with E-state index in [0.717, 1.165) is 19.4 Å². The molecule has 1 aliphatic carbocycles. The number of rotatable bonds is 1. The van der Waals surface area contributed by atoms with Gasteiger partial charge in [0, 0.05) is 12.2 Å². The molecule has 0 saturated heterocycles. The van der Waals surface area contributed by atoms with Gasteiger partial charge in [0.15, 0.2) is 0 Å². The zero-order chi connectivity index (χ0) is 10.3. The first-order chi connectivity index (χ1) is 7.36. The quantitative estimate of drug-likeness (QED) is 0.754. The van der Waals surface area contributed by atoms with Crippen molar-refractivity contribution in [3.63, 3.8) is 0 Å². The molecule has 15 heavy (non-hydrogen) atoms. The molecule has 2 aliphatic rings. The molecular formula is C13H17NO. The molecule has 0 amide bonds. The lowest BCUT2D eigenvalue weighted by atomic mass is 9.85. The fourth-order valence-electron chi connectivity index (χ4n) is 2.74. The first-order valence-corrected chi connectivity index (χ1v) is 5.89. The van der Waals surface area contributed by atoms with E-state index in [1.54, 1.807) is 0 Å². The molecule has 0 spiro atoms. The summed E-state index contributed by atoms with van der Waals surface area (Å²) in [6.45, 7) is 1.11. The maximum Gasteiger partial charge on any atom is 0.0744 e. The van der Waals surface area contributed by atoms with Gasteiger partial charge >= 0.3 is 0 Å². The Labute approximate surface area is 90.5 Å². The average molecular weight is 203 g/mol. The third kappa shape index (κ3) is 1.44. The minimum Gasteiger partial charge on any atom is -0.391 e. The number of fused-ring (bicyclic) bond motifs is 1. The Morgan fingerprint density at radius 1 is 1.20 bits per heavy atom. The minimum absolute atomic E-state index is 0.101. The first-order valence-electron chi connectivity index (χ1n) is 5.89. The molecule has 0 bridgehead atoms. The van der Waals surface area contributed by atoms with Crippen molar-refractivity contribution in [2.24, 2.45) is 0 Å². The number of hydrogen-bond donors (Lipinski definition) is 1. The lowest BCUT2D eigenvalue weighted by Gasteiger charge is -2.45. The van der Waals surface area contributed by atoms with E-state index in [1.165, 1.54) is 24.1 Å². The minimum atomic E-state index is -0.101. The predicted molar refractivity (Wildman–Crippen MR) is 61.1 cm³/mol. The summed E-state index contributed by atoms with van der Waals surface area (Å²) >= 11 is 0. The van der Waals surface area contributed by atoms with Crippen molar-refractivity contribution < 1.29 is 5.11 Å². The summed E-state index contributed by atoms with van der Waals surface area (Å²) in [4.78, 5) is 2.41. The van der Waals surface area contributed by atoms with Crippen LogP contribution in [0.3, 0.4) is 0 Å². The summed E-state index contributed by atoms with van der Waals surface area (Å²) in [5.74, 6) is 0.